The molecule has 0 heterocycles. The van der Waals surface area contributed by atoms with Gasteiger partial charge in [-0.2, -0.15) is 26.3 Å². The molecule has 15 heavy (non-hydrogen) atoms. The average Bonchev–Trinajstić information content (AvgIpc) is 1.78. The third kappa shape index (κ3) is 16.0. The summed E-state index contributed by atoms with van der Waals surface area (Å²) in [5.74, 6) is 0. The van der Waals surface area contributed by atoms with Crippen molar-refractivity contribution >= 4 is 0 Å². The molecule has 0 aromatic heterocycles. The Kier molecular flexibility index (Phi) is 6.70. The first-order valence-corrected chi connectivity index (χ1v) is 3.06. The first-order valence-electron chi connectivity index (χ1n) is 3.06. The lowest BCUT2D eigenvalue weighted by Crippen LogP contribution is -2.18. The molecule has 0 atom stereocenters. The van der Waals surface area contributed by atoms with E-state index in [4.69, 9.17) is 0 Å². The molecule has 0 N–H and O–H groups in total. The summed E-state index contributed by atoms with van der Waals surface area (Å²) < 4.78 is 106. The minimum Gasteiger partial charge on any atom is -0.210 e. The number of hydrogen-bond donors (Lipinski definition) is 0. The third-order valence-corrected chi connectivity index (χ3v) is 0.633. The van der Waals surface area contributed by atoms with E-state index in [0.29, 0.717) is 0 Å². The van der Waals surface area contributed by atoms with Gasteiger partial charge in [-0.15, -0.1) is 0 Å². The van der Waals surface area contributed by atoms with E-state index in [1.165, 1.54) is 0 Å². The van der Waals surface area contributed by atoms with E-state index in [9.17, 15) is 43.9 Å². The van der Waals surface area contributed by atoms with Crippen LogP contribution in [0, 0.1) is 0 Å². The minimum atomic E-state index is -5.33. The Morgan fingerprint density at radius 2 is 1.00 bits per heavy atom. The van der Waals surface area contributed by atoms with Crippen LogP contribution in [0.4, 0.5) is 43.9 Å². The van der Waals surface area contributed by atoms with Crippen molar-refractivity contribution in [3.05, 3.63) is 0 Å². The van der Waals surface area contributed by atoms with Crippen LogP contribution in [0.2, 0.25) is 0 Å². The van der Waals surface area contributed by atoms with Gasteiger partial charge in [0, 0.05) is 0 Å². The number of rotatable bonds is 1. The summed E-state index contributed by atoms with van der Waals surface area (Å²) in [6.07, 6.45) is -19.6. The van der Waals surface area contributed by atoms with Gasteiger partial charge in [0.2, 0.25) is 6.43 Å². The molecule has 0 bridgehead atoms. The van der Waals surface area contributed by atoms with E-state index in [-0.39, 0.29) is 0 Å². The van der Waals surface area contributed by atoms with Gasteiger partial charge in [0.25, 0.3) is 0 Å². The Bertz CT molecular complexity index is 152. The smallest absolute Gasteiger partial charge is 0.210 e. The van der Waals surface area contributed by atoms with Crippen LogP contribution >= 0.6 is 0 Å². The molecule has 0 aromatic rings. The molecule has 0 saturated carbocycles. The molecule has 0 radical (unpaired) electrons. The predicted molar refractivity (Wildman–Crippen MR) is 28.7 cm³/mol. The molecule has 0 nitrogen and oxygen atoms in total. The van der Waals surface area contributed by atoms with Crippen molar-refractivity contribution in [1.29, 1.82) is 0 Å². The van der Waals surface area contributed by atoms with Crippen molar-refractivity contribution in [3.8, 4) is 0 Å². The predicted octanol–water partition coefficient (Wildman–Crippen LogP) is 4.02. The van der Waals surface area contributed by atoms with Crippen molar-refractivity contribution in [2.75, 3.05) is 0 Å². The van der Waals surface area contributed by atoms with Gasteiger partial charge < -0.3 is 0 Å². The Morgan fingerprint density at radius 3 is 1.00 bits per heavy atom. The van der Waals surface area contributed by atoms with Crippen LogP contribution in [0.5, 0.6) is 0 Å². The molecule has 0 aliphatic rings. The lowest BCUT2D eigenvalue weighted by atomic mass is 10.4. The van der Waals surface area contributed by atoms with Gasteiger partial charge in [-0.25, -0.2) is 17.6 Å². The number of alkyl halides is 10. The maximum absolute atomic E-state index is 10.8. The molecule has 0 aliphatic carbocycles. The van der Waals surface area contributed by atoms with E-state index in [2.05, 4.69) is 0 Å². The molecule has 10 heteroatoms. The van der Waals surface area contributed by atoms with Crippen molar-refractivity contribution in [3.63, 3.8) is 0 Å². The summed E-state index contributed by atoms with van der Waals surface area (Å²) in [7, 11) is 0. The second kappa shape index (κ2) is 6.01. The highest BCUT2D eigenvalue weighted by atomic mass is 19.4. The maximum atomic E-state index is 10.8. The number of halogens is 10. The quantitative estimate of drug-likeness (QED) is 0.620. The maximum Gasteiger partial charge on any atom is 0.450 e. The summed E-state index contributed by atoms with van der Waals surface area (Å²) in [5, 5.41) is 0. The van der Waals surface area contributed by atoms with E-state index < -0.39 is 31.6 Å². The molecule has 0 unspecified atom stereocenters. The zero-order chi connectivity index (χ0) is 12.9. The largest absolute Gasteiger partial charge is 0.450 e. The first kappa shape index (κ1) is 16.7. The van der Waals surface area contributed by atoms with Crippen LogP contribution in [0.3, 0.4) is 0 Å². The monoisotopic (exact) mass is 254 g/mol. The normalized spacial score (nSPS) is 12.8. The Labute approximate surface area is 76.9 Å². The lowest BCUT2D eigenvalue weighted by Gasteiger charge is -2.02. The summed E-state index contributed by atoms with van der Waals surface area (Å²) in [4.78, 5) is 0. The Morgan fingerprint density at radius 1 is 0.733 bits per heavy atom. The van der Waals surface area contributed by atoms with Gasteiger partial charge in [0.05, 0.1) is 0 Å². The van der Waals surface area contributed by atoms with E-state index in [1.54, 1.807) is 0 Å². The van der Waals surface area contributed by atoms with Crippen LogP contribution in [-0.4, -0.2) is 25.2 Å². The van der Waals surface area contributed by atoms with Crippen molar-refractivity contribution < 1.29 is 43.9 Å². The Balaban J connectivity index is 0. The SMILES string of the molecule is FC(F)C(F)(F)F.FC(F)CC(F)(F)F. The van der Waals surface area contributed by atoms with Gasteiger partial charge in [-0.3, -0.25) is 0 Å². The molecule has 0 amide bonds. The fourth-order valence-corrected chi connectivity index (χ4v) is 0.175. The summed E-state index contributed by atoms with van der Waals surface area (Å²) in [5.41, 5.74) is 0. The van der Waals surface area contributed by atoms with Crippen molar-refractivity contribution in [1.82, 2.24) is 0 Å². The highest BCUT2D eigenvalue weighted by Gasteiger charge is 2.40. The fourth-order valence-electron chi connectivity index (χ4n) is 0.175. The highest BCUT2D eigenvalue weighted by Crippen LogP contribution is 2.23. The second-order valence-corrected chi connectivity index (χ2v) is 2.05. The topological polar surface area (TPSA) is 0 Å². The van der Waals surface area contributed by atoms with Crippen molar-refractivity contribution in [2.45, 2.75) is 31.6 Å². The molecular formula is C5H4F10. The fraction of sp³-hybridized carbons (Fsp3) is 1.00. The van der Waals surface area contributed by atoms with Crippen LogP contribution in [0.15, 0.2) is 0 Å². The van der Waals surface area contributed by atoms with Gasteiger partial charge >= 0.3 is 18.8 Å². The van der Waals surface area contributed by atoms with Gasteiger partial charge in [-0.05, 0) is 0 Å². The van der Waals surface area contributed by atoms with Gasteiger partial charge in [0.15, 0.2) is 0 Å². The number of hydrogen-bond acceptors (Lipinski definition) is 0. The molecular weight excluding hydrogens is 250 g/mol. The van der Waals surface area contributed by atoms with E-state index >= 15 is 0 Å². The summed E-state index contributed by atoms with van der Waals surface area (Å²) in [6.45, 7) is 0. The van der Waals surface area contributed by atoms with Crippen LogP contribution < -0.4 is 0 Å². The molecule has 0 fully saturated rings. The first-order chi connectivity index (χ1) is 6.36. The molecule has 0 aliphatic heterocycles. The average molecular weight is 254 g/mol. The summed E-state index contributed by atoms with van der Waals surface area (Å²) >= 11 is 0. The third-order valence-electron chi connectivity index (χ3n) is 0.633. The zero-order valence-corrected chi connectivity index (χ0v) is 6.64. The zero-order valence-electron chi connectivity index (χ0n) is 6.64. The highest BCUT2D eigenvalue weighted by molar-refractivity contribution is 4.50. The van der Waals surface area contributed by atoms with Crippen LogP contribution in [-0.2, 0) is 0 Å². The van der Waals surface area contributed by atoms with Crippen molar-refractivity contribution in [2.24, 2.45) is 0 Å². The molecule has 94 valence electrons. The van der Waals surface area contributed by atoms with E-state index in [0.717, 1.165) is 0 Å². The van der Waals surface area contributed by atoms with E-state index in [1.807, 2.05) is 0 Å². The van der Waals surface area contributed by atoms with Gasteiger partial charge in [-0.1, -0.05) is 0 Å². The molecule has 0 rings (SSSR count). The lowest BCUT2D eigenvalue weighted by molar-refractivity contribution is -0.219. The minimum absolute atomic E-state index is 2.01. The standard InChI is InChI=1S/C3H3F5.C2HF5/c4-2(5)1-3(6,7)8;3-1(4)2(5,6)7/h2H,1H2;1H. The molecule has 0 spiro atoms. The Hall–Kier alpha value is -0.700. The molecule has 0 saturated heterocycles. The summed E-state index contributed by atoms with van der Waals surface area (Å²) in [6, 6.07) is 0. The molecule has 0 aromatic carbocycles. The second-order valence-electron chi connectivity index (χ2n) is 2.05. The van der Waals surface area contributed by atoms with Gasteiger partial charge in [0.1, 0.15) is 6.42 Å². The van der Waals surface area contributed by atoms with Crippen LogP contribution in [0.1, 0.15) is 6.42 Å². The van der Waals surface area contributed by atoms with Crippen LogP contribution in [0.25, 0.3) is 0 Å².